The molecular formula is C7H5IO2S. The van der Waals surface area contributed by atoms with E-state index >= 15 is 0 Å². The van der Waals surface area contributed by atoms with Crippen LogP contribution in [0.15, 0.2) is 17.0 Å². The minimum absolute atomic E-state index is 0.322. The molecule has 1 aromatic rings. The predicted octanol–water partition coefficient (Wildman–Crippen LogP) is 2.31. The fraction of sp³-hybridized carbons (Fsp3) is 0.143. The average Bonchev–Trinajstić information content (AvgIpc) is 2.36. The highest BCUT2D eigenvalue weighted by atomic mass is 127. The van der Waals surface area contributed by atoms with Gasteiger partial charge < -0.3 is 9.47 Å². The summed E-state index contributed by atoms with van der Waals surface area (Å²) >= 11 is 6.46. The second-order valence-corrected chi connectivity index (χ2v) is 3.80. The van der Waals surface area contributed by atoms with Crippen molar-refractivity contribution in [3.05, 3.63) is 15.7 Å². The number of hydrogen-bond donors (Lipinski definition) is 1. The molecule has 0 atom stereocenters. The van der Waals surface area contributed by atoms with Crippen LogP contribution in [0.3, 0.4) is 0 Å². The summed E-state index contributed by atoms with van der Waals surface area (Å²) in [7, 11) is 0. The summed E-state index contributed by atoms with van der Waals surface area (Å²) in [6.45, 7) is 0.322. The predicted molar refractivity (Wildman–Crippen MR) is 52.5 cm³/mol. The summed E-state index contributed by atoms with van der Waals surface area (Å²) < 4.78 is 11.4. The summed E-state index contributed by atoms with van der Waals surface area (Å²) in [5, 5.41) is 0. The molecule has 0 radical (unpaired) electrons. The Morgan fingerprint density at radius 1 is 1.27 bits per heavy atom. The van der Waals surface area contributed by atoms with Gasteiger partial charge in [0.1, 0.15) is 0 Å². The fourth-order valence-electron chi connectivity index (χ4n) is 0.906. The monoisotopic (exact) mass is 280 g/mol. The zero-order valence-corrected chi connectivity index (χ0v) is 8.56. The van der Waals surface area contributed by atoms with E-state index in [4.69, 9.17) is 9.47 Å². The van der Waals surface area contributed by atoms with Crippen LogP contribution in [0.4, 0.5) is 0 Å². The number of thiol groups is 1. The van der Waals surface area contributed by atoms with Gasteiger partial charge in [0.15, 0.2) is 11.5 Å². The molecule has 11 heavy (non-hydrogen) atoms. The third-order valence-electron chi connectivity index (χ3n) is 1.44. The first-order valence-electron chi connectivity index (χ1n) is 3.05. The molecule has 1 aliphatic heterocycles. The van der Waals surface area contributed by atoms with Crippen molar-refractivity contribution in [2.45, 2.75) is 4.90 Å². The lowest BCUT2D eigenvalue weighted by Gasteiger charge is -1.98. The largest absolute Gasteiger partial charge is 0.454 e. The molecule has 0 saturated carbocycles. The van der Waals surface area contributed by atoms with Crippen molar-refractivity contribution in [2.75, 3.05) is 6.79 Å². The van der Waals surface area contributed by atoms with Gasteiger partial charge in [-0.2, -0.15) is 0 Å². The van der Waals surface area contributed by atoms with Crippen LogP contribution in [0.5, 0.6) is 11.5 Å². The van der Waals surface area contributed by atoms with Crippen LogP contribution in [0.2, 0.25) is 0 Å². The molecule has 0 spiro atoms. The first kappa shape index (κ1) is 7.54. The minimum Gasteiger partial charge on any atom is -0.454 e. The lowest BCUT2D eigenvalue weighted by molar-refractivity contribution is 0.174. The highest BCUT2D eigenvalue weighted by Crippen LogP contribution is 2.36. The zero-order valence-electron chi connectivity index (χ0n) is 5.50. The average molecular weight is 280 g/mol. The molecule has 2 nitrogen and oxygen atoms in total. The summed E-state index contributed by atoms with van der Waals surface area (Å²) in [6, 6.07) is 3.79. The molecule has 1 heterocycles. The number of benzene rings is 1. The van der Waals surface area contributed by atoms with E-state index in [0.717, 1.165) is 20.0 Å². The SMILES string of the molecule is Sc1cc2c(cc1I)OCO2. The van der Waals surface area contributed by atoms with Crippen LogP contribution < -0.4 is 9.47 Å². The standard InChI is InChI=1S/C7H5IO2S/c8-4-1-5-6(2-7(4)11)10-3-9-5/h1-2,11H,3H2. The van der Waals surface area contributed by atoms with E-state index in [1.165, 1.54) is 0 Å². The topological polar surface area (TPSA) is 18.5 Å². The Labute approximate surface area is 83.4 Å². The molecule has 0 aliphatic carbocycles. The lowest BCUT2D eigenvalue weighted by Crippen LogP contribution is -1.92. The van der Waals surface area contributed by atoms with Crippen molar-refractivity contribution in [2.24, 2.45) is 0 Å². The summed E-state index contributed by atoms with van der Waals surface area (Å²) in [4.78, 5) is 0.926. The van der Waals surface area contributed by atoms with Gasteiger partial charge in [0.2, 0.25) is 6.79 Å². The molecule has 0 aromatic heterocycles. The first-order chi connectivity index (χ1) is 5.27. The number of fused-ring (bicyclic) bond motifs is 1. The molecule has 1 aliphatic rings. The number of halogens is 1. The van der Waals surface area contributed by atoms with Gasteiger partial charge in [0.05, 0.1) is 0 Å². The van der Waals surface area contributed by atoms with Crippen LogP contribution in [0, 0.1) is 3.57 Å². The van der Waals surface area contributed by atoms with E-state index in [9.17, 15) is 0 Å². The number of rotatable bonds is 0. The third kappa shape index (κ3) is 1.29. The third-order valence-corrected chi connectivity index (χ3v) is 3.13. The van der Waals surface area contributed by atoms with Gasteiger partial charge in [-0.05, 0) is 34.7 Å². The van der Waals surface area contributed by atoms with Crippen LogP contribution in [-0.2, 0) is 0 Å². The molecule has 0 bridgehead atoms. The van der Waals surface area contributed by atoms with E-state index in [-0.39, 0.29) is 0 Å². The molecule has 0 unspecified atom stereocenters. The highest BCUT2D eigenvalue weighted by molar-refractivity contribution is 14.1. The van der Waals surface area contributed by atoms with Gasteiger partial charge in [-0.1, -0.05) is 0 Å². The zero-order chi connectivity index (χ0) is 7.84. The Bertz CT molecular complexity index is 272. The second kappa shape index (κ2) is 2.75. The van der Waals surface area contributed by atoms with Gasteiger partial charge in [0.25, 0.3) is 0 Å². The van der Waals surface area contributed by atoms with Gasteiger partial charge >= 0.3 is 0 Å². The summed E-state index contributed by atoms with van der Waals surface area (Å²) in [6.07, 6.45) is 0. The van der Waals surface area contributed by atoms with Crippen molar-refractivity contribution in [1.29, 1.82) is 0 Å². The molecule has 58 valence electrons. The molecule has 0 amide bonds. The van der Waals surface area contributed by atoms with E-state index in [1.54, 1.807) is 0 Å². The van der Waals surface area contributed by atoms with Gasteiger partial charge in [0, 0.05) is 8.47 Å². The Morgan fingerprint density at radius 3 is 2.64 bits per heavy atom. The van der Waals surface area contributed by atoms with Crippen molar-refractivity contribution in [3.8, 4) is 11.5 Å². The molecule has 0 saturated heterocycles. The maximum absolute atomic E-state index is 5.17. The summed E-state index contributed by atoms with van der Waals surface area (Å²) in [5.41, 5.74) is 0. The molecule has 1 aromatic carbocycles. The van der Waals surface area contributed by atoms with Gasteiger partial charge in [-0.15, -0.1) is 12.6 Å². The van der Waals surface area contributed by atoms with Crippen LogP contribution >= 0.6 is 35.2 Å². The number of ether oxygens (including phenoxy) is 2. The van der Waals surface area contributed by atoms with Crippen LogP contribution in [0.25, 0.3) is 0 Å². The normalized spacial score (nSPS) is 13.6. The Kier molecular flexibility index (Phi) is 1.88. The maximum Gasteiger partial charge on any atom is 0.231 e. The molecule has 2 rings (SSSR count). The van der Waals surface area contributed by atoms with E-state index in [2.05, 4.69) is 35.2 Å². The Hall–Kier alpha value is -0.100. The van der Waals surface area contributed by atoms with Crippen molar-refractivity contribution >= 4 is 35.2 Å². The second-order valence-electron chi connectivity index (χ2n) is 2.16. The molecule has 0 N–H and O–H groups in total. The first-order valence-corrected chi connectivity index (χ1v) is 4.58. The highest BCUT2D eigenvalue weighted by Gasteiger charge is 2.14. The van der Waals surface area contributed by atoms with Gasteiger partial charge in [-0.25, -0.2) is 0 Å². The maximum atomic E-state index is 5.17. The van der Waals surface area contributed by atoms with Gasteiger partial charge in [-0.3, -0.25) is 0 Å². The Morgan fingerprint density at radius 2 is 1.91 bits per heavy atom. The quantitative estimate of drug-likeness (QED) is 0.580. The summed E-state index contributed by atoms with van der Waals surface area (Å²) in [5.74, 6) is 1.60. The van der Waals surface area contributed by atoms with E-state index in [0.29, 0.717) is 6.79 Å². The Balaban J connectivity index is 2.57. The van der Waals surface area contributed by atoms with Crippen molar-refractivity contribution < 1.29 is 9.47 Å². The van der Waals surface area contributed by atoms with Crippen LogP contribution in [-0.4, -0.2) is 6.79 Å². The molecule has 0 fully saturated rings. The lowest BCUT2D eigenvalue weighted by atomic mass is 10.3. The van der Waals surface area contributed by atoms with E-state index < -0.39 is 0 Å². The smallest absolute Gasteiger partial charge is 0.231 e. The van der Waals surface area contributed by atoms with Crippen molar-refractivity contribution in [1.82, 2.24) is 0 Å². The molecule has 4 heteroatoms. The van der Waals surface area contributed by atoms with E-state index in [1.807, 2.05) is 12.1 Å². The van der Waals surface area contributed by atoms with Crippen molar-refractivity contribution in [3.63, 3.8) is 0 Å². The fourth-order valence-corrected chi connectivity index (χ4v) is 1.53. The minimum atomic E-state index is 0.322. The number of hydrogen-bond acceptors (Lipinski definition) is 3. The molecular weight excluding hydrogens is 275 g/mol. The van der Waals surface area contributed by atoms with Crippen LogP contribution in [0.1, 0.15) is 0 Å².